The third kappa shape index (κ3) is 6.11. The fraction of sp³-hybridized carbons (Fsp3) is 0.300. The van der Waals surface area contributed by atoms with Crippen LogP contribution >= 0.6 is 29.8 Å². The maximum absolute atomic E-state index is 10.7. The molecule has 0 aromatic heterocycles. The van der Waals surface area contributed by atoms with Crippen LogP contribution in [-0.2, 0) is 11.0 Å². The van der Waals surface area contributed by atoms with E-state index in [1.807, 2.05) is 6.07 Å². The van der Waals surface area contributed by atoms with Crippen molar-refractivity contribution < 1.29 is 14.4 Å². The van der Waals surface area contributed by atoms with Crippen molar-refractivity contribution in [2.24, 2.45) is 5.92 Å². The van der Waals surface area contributed by atoms with E-state index < -0.39 is 12.7 Å². The van der Waals surface area contributed by atoms with Crippen LogP contribution in [0.3, 0.4) is 0 Å². The minimum Gasteiger partial charge on any atom is -0.317 e. The fourth-order valence-corrected chi connectivity index (χ4v) is 3.05. The monoisotopic (exact) mass is 291 g/mol. The van der Waals surface area contributed by atoms with E-state index in [0.717, 1.165) is 5.56 Å². The van der Waals surface area contributed by atoms with Crippen LogP contribution in [0.25, 0.3) is 0 Å². The van der Waals surface area contributed by atoms with Gasteiger partial charge in [0.05, 0.1) is 12.0 Å². The SMILES string of the molecule is N#CC(CSP(=O)(O)O)Cc1ccc(Cl)cc1. The summed E-state index contributed by atoms with van der Waals surface area (Å²) in [4.78, 5) is 17.4. The Balaban J connectivity index is 2.56. The Morgan fingerprint density at radius 2 is 2.00 bits per heavy atom. The van der Waals surface area contributed by atoms with Crippen LogP contribution in [0.2, 0.25) is 5.02 Å². The summed E-state index contributed by atoms with van der Waals surface area (Å²) in [5.41, 5.74) is 0.923. The molecular formula is C10H11ClNO3PS. The molecule has 2 N–H and O–H groups in total. The minimum atomic E-state index is -4.10. The molecule has 0 saturated heterocycles. The summed E-state index contributed by atoms with van der Waals surface area (Å²) in [7, 11) is 0. The third-order valence-electron chi connectivity index (χ3n) is 2.02. The molecule has 1 aromatic carbocycles. The zero-order valence-electron chi connectivity index (χ0n) is 8.78. The summed E-state index contributed by atoms with van der Waals surface area (Å²) in [5, 5.41) is 9.51. The molecule has 0 spiro atoms. The first kappa shape index (κ1) is 14.6. The standard InChI is InChI=1S/C10H11ClNO3PS/c11-10-3-1-8(2-4-10)5-9(6-12)7-17-16(13,14)15/h1-4,9H,5,7H2,(H2,13,14,15). The molecule has 0 aliphatic heterocycles. The Morgan fingerprint density at radius 1 is 1.41 bits per heavy atom. The Hall–Kier alpha value is -0.500. The van der Waals surface area contributed by atoms with Crippen LogP contribution in [0.1, 0.15) is 5.56 Å². The number of rotatable bonds is 5. The predicted molar refractivity (Wildman–Crippen MR) is 68.8 cm³/mol. The van der Waals surface area contributed by atoms with Crippen molar-refractivity contribution in [1.29, 1.82) is 5.26 Å². The molecule has 1 aromatic rings. The van der Waals surface area contributed by atoms with Crippen LogP contribution in [0.4, 0.5) is 0 Å². The Kier molecular flexibility index (Phi) is 5.51. The number of halogens is 1. The molecular weight excluding hydrogens is 281 g/mol. The van der Waals surface area contributed by atoms with Crippen molar-refractivity contribution in [1.82, 2.24) is 0 Å². The van der Waals surface area contributed by atoms with E-state index in [4.69, 9.17) is 26.6 Å². The predicted octanol–water partition coefficient (Wildman–Crippen LogP) is 2.85. The zero-order chi connectivity index (χ0) is 12.9. The highest BCUT2D eigenvalue weighted by atomic mass is 35.5. The van der Waals surface area contributed by atoms with E-state index >= 15 is 0 Å². The van der Waals surface area contributed by atoms with E-state index in [-0.39, 0.29) is 5.75 Å². The number of nitrogens with zero attached hydrogens (tertiary/aromatic N) is 1. The second-order valence-electron chi connectivity index (χ2n) is 3.44. The van der Waals surface area contributed by atoms with Crippen molar-refractivity contribution >= 4 is 29.8 Å². The summed E-state index contributed by atoms with van der Waals surface area (Å²) in [5.74, 6) is -0.308. The van der Waals surface area contributed by atoms with E-state index in [0.29, 0.717) is 22.8 Å². The molecule has 7 heteroatoms. The smallest absolute Gasteiger partial charge is 0.317 e. The van der Waals surface area contributed by atoms with Crippen molar-refractivity contribution in [3.8, 4) is 6.07 Å². The van der Waals surface area contributed by atoms with Crippen LogP contribution < -0.4 is 0 Å². The van der Waals surface area contributed by atoms with Crippen LogP contribution in [0.15, 0.2) is 24.3 Å². The quantitative estimate of drug-likeness (QED) is 0.815. The molecule has 0 aliphatic rings. The molecule has 1 unspecified atom stereocenters. The Bertz CT molecular complexity index is 454. The zero-order valence-corrected chi connectivity index (χ0v) is 11.3. The van der Waals surface area contributed by atoms with E-state index in [2.05, 4.69) is 0 Å². The van der Waals surface area contributed by atoms with E-state index in [9.17, 15) is 4.57 Å². The molecule has 1 rings (SSSR count). The summed E-state index contributed by atoms with van der Waals surface area (Å²) < 4.78 is 10.7. The van der Waals surface area contributed by atoms with Gasteiger partial charge >= 0.3 is 6.80 Å². The first-order chi connectivity index (χ1) is 7.90. The van der Waals surface area contributed by atoms with Crippen molar-refractivity contribution in [2.45, 2.75) is 6.42 Å². The molecule has 0 fully saturated rings. The normalized spacial score (nSPS) is 13.1. The Labute approximate surface area is 109 Å². The summed E-state index contributed by atoms with van der Waals surface area (Å²) in [6.45, 7) is -4.10. The van der Waals surface area contributed by atoms with Crippen LogP contribution in [-0.4, -0.2) is 15.5 Å². The molecule has 0 aliphatic carbocycles. The number of benzene rings is 1. The van der Waals surface area contributed by atoms with E-state index in [1.54, 1.807) is 24.3 Å². The molecule has 1 atom stereocenters. The fourth-order valence-electron chi connectivity index (χ4n) is 1.23. The van der Waals surface area contributed by atoms with Crippen molar-refractivity contribution in [3.63, 3.8) is 0 Å². The van der Waals surface area contributed by atoms with Gasteiger partial charge in [0.2, 0.25) is 0 Å². The van der Waals surface area contributed by atoms with Crippen molar-refractivity contribution in [3.05, 3.63) is 34.9 Å². The molecule has 0 radical (unpaired) electrons. The van der Waals surface area contributed by atoms with Gasteiger partial charge in [-0.1, -0.05) is 23.7 Å². The van der Waals surface area contributed by atoms with Gasteiger partial charge in [-0.05, 0) is 35.5 Å². The third-order valence-corrected chi connectivity index (χ3v) is 4.62. The second-order valence-corrected chi connectivity index (χ2v) is 7.65. The average Bonchev–Trinajstić information content (AvgIpc) is 2.25. The number of hydrogen-bond acceptors (Lipinski definition) is 3. The van der Waals surface area contributed by atoms with Gasteiger partial charge in [-0.3, -0.25) is 0 Å². The molecule has 0 heterocycles. The maximum Gasteiger partial charge on any atom is 0.384 e. The first-order valence-electron chi connectivity index (χ1n) is 4.75. The molecule has 4 nitrogen and oxygen atoms in total. The lowest BCUT2D eigenvalue weighted by Crippen LogP contribution is -2.04. The molecule has 17 heavy (non-hydrogen) atoms. The summed E-state index contributed by atoms with van der Waals surface area (Å²) in [6, 6.07) is 9.09. The largest absolute Gasteiger partial charge is 0.384 e. The molecule has 0 saturated carbocycles. The minimum absolute atomic E-state index is 0.114. The molecule has 0 amide bonds. The van der Waals surface area contributed by atoms with Crippen molar-refractivity contribution in [2.75, 3.05) is 5.75 Å². The lowest BCUT2D eigenvalue weighted by Gasteiger charge is -2.09. The van der Waals surface area contributed by atoms with Gasteiger partial charge in [0.15, 0.2) is 0 Å². The van der Waals surface area contributed by atoms with Gasteiger partial charge in [0, 0.05) is 10.8 Å². The number of hydrogen-bond donors (Lipinski definition) is 2. The topological polar surface area (TPSA) is 81.3 Å². The maximum atomic E-state index is 10.7. The average molecular weight is 292 g/mol. The van der Waals surface area contributed by atoms with E-state index in [1.165, 1.54) is 0 Å². The lowest BCUT2D eigenvalue weighted by molar-refractivity contribution is 0.397. The van der Waals surface area contributed by atoms with Gasteiger partial charge in [-0.25, -0.2) is 4.57 Å². The van der Waals surface area contributed by atoms with Crippen LogP contribution in [0.5, 0.6) is 0 Å². The van der Waals surface area contributed by atoms with Gasteiger partial charge in [-0.2, -0.15) is 5.26 Å². The highest BCUT2D eigenvalue weighted by molar-refractivity contribution is 8.54. The summed E-state index contributed by atoms with van der Waals surface area (Å²) >= 11 is 6.24. The molecule has 0 bridgehead atoms. The highest BCUT2D eigenvalue weighted by Gasteiger charge is 2.18. The summed E-state index contributed by atoms with van der Waals surface area (Å²) in [6.07, 6.45) is 0.459. The van der Waals surface area contributed by atoms with Gasteiger partial charge in [-0.15, -0.1) is 0 Å². The molecule has 92 valence electrons. The highest BCUT2D eigenvalue weighted by Crippen LogP contribution is 2.50. The second kappa shape index (κ2) is 6.44. The van der Waals surface area contributed by atoms with Gasteiger partial charge < -0.3 is 9.79 Å². The van der Waals surface area contributed by atoms with Gasteiger partial charge in [0.25, 0.3) is 0 Å². The first-order valence-corrected chi connectivity index (χ1v) is 8.33. The van der Waals surface area contributed by atoms with Gasteiger partial charge in [0.1, 0.15) is 0 Å². The number of nitriles is 1. The Morgan fingerprint density at radius 3 is 2.47 bits per heavy atom. The van der Waals surface area contributed by atoms with Crippen LogP contribution in [0, 0.1) is 17.2 Å². The lowest BCUT2D eigenvalue weighted by atomic mass is 10.0.